The van der Waals surface area contributed by atoms with Gasteiger partial charge in [-0.15, -0.1) is 13.2 Å². The van der Waals surface area contributed by atoms with Crippen molar-refractivity contribution in [2.45, 2.75) is 25.7 Å². The second kappa shape index (κ2) is 7.36. The van der Waals surface area contributed by atoms with Gasteiger partial charge in [0, 0.05) is 18.7 Å². The van der Waals surface area contributed by atoms with Crippen LogP contribution in [0.1, 0.15) is 18.9 Å². The first kappa shape index (κ1) is 17.1. The third-order valence-electron chi connectivity index (χ3n) is 3.05. The maximum absolute atomic E-state index is 12.2. The average molecular weight is 329 g/mol. The minimum absolute atomic E-state index is 0.0341. The van der Waals surface area contributed by atoms with E-state index in [0.29, 0.717) is 17.7 Å². The molecule has 1 aliphatic rings. The number of halogens is 3. The fraction of sp³-hybridized carbons (Fsp3) is 0.400. The van der Waals surface area contributed by atoms with Gasteiger partial charge in [0.25, 0.3) is 6.02 Å². The van der Waals surface area contributed by atoms with E-state index in [-0.39, 0.29) is 17.8 Å². The topological polar surface area (TPSA) is 68.9 Å². The molecule has 1 aliphatic heterocycles. The third-order valence-corrected chi connectivity index (χ3v) is 3.05. The molecule has 1 aromatic rings. The van der Waals surface area contributed by atoms with Crippen molar-refractivity contribution in [3.05, 3.63) is 35.9 Å². The maximum atomic E-state index is 12.2. The van der Waals surface area contributed by atoms with Crippen LogP contribution < -0.4 is 15.8 Å². The fourth-order valence-electron chi connectivity index (χ4n) is 1.91. The Kier molecular flexibility index (Phi) is 5.49. The van der Waals surface area contributed by atoms with Gasteiger partial charge in [-0.1, -0.05) is 6.92 Å². The van der Waals surface area contributed by atoms with Gasteiger partial charge >= 0.3 is 6.36 Å². The molecule has 0 spiro atoms. The fourth-order valence-corrected chi connectivity index (χ4v) is 1.91. The van der Waals surface area contributed by atoms with Crippen LogP contribution in [-0.4, -0.2) is 31.5 Å². The second-order valence-corrected chi connectivity index (χ2v) is 4.93. The summed E-state index contributed by atoms with van der Waals surface area (Å²) in [4.78, 5) is 4.19. The van der Waals surface area contributed by atoms with E-state index in [0.717, 1.165) is 13.1 Å². The normalized spacial score (nSPS) is 16.9. The van der Waals surface area contributed by atoms with E-state index in [1.54, 1.807) is 6.08 Å². The summed E-state index contributed by atoms with van der Waals surface area (Å²) in [5.41, 5.74) is 6.34. The van der Waals surface area contributed by atoms with Crippen molar-refractivity contribution < 1.29 is 22.6 Å². The van der Waals surface area contributed by atoms with Gasteiger partial charge in [0.2, 0.25) is 0 Å². The molecule has 1 aromatic carbocycles. The Morgan fingerprint density at radius 2 is 2.00 bits per heavy atom. The minimum Gasteiger partial charge on any atom is -0.426 e. The lowest BCUT2D eigenvalue weighted by atomic mass is 10.1. The van der Waals surface area contributed by atoms with Crippen molar-refractivity contribution >= 4 is 11.8 Å². The summed E-state index contributed by atoms with van der Waals surface area (Å²) in [7, 11) is 0. The van der Waals surface area contributed by atoms with Crippen LogP contribution in [0.3, 0.4) is 0 Å². The second-order valence-electron chi connectivity index (χ2n) is 4.93. The molecule has 23 heavy (non-hydrogen) atoms. The van der Waals surface area contributed by atoms with Gasteiger partial charge in [-0.25, -0.2) is 4.99 Å². The average Bonchev–Trinajstić information content (AvgIpc) is 2.42. The van der Waals surface area contributed by atoms with Gasteiger partial charge in [-0.3, -0.25) is 0 Å². The van der Waals surface area contributed by atoms with Gasteiger partial charge in [0.15, 0.2) is 0 Å². The number of nitrogens with zero attached hydrogens (tertiary/aromatic N) is 1. The third kappa shape index (κ3) is 5.48. The minimum atomic E-state index is -4.71. The zero-order chi connectivity index (χ0) is 16.9. The van der Waals surface area contributed by atoms with Crippen LogP contribution in [0, 0.1) is 0 Å². The molecule has 1 fully saturated rings. The largest absolute Gasteiger partial charge is 0.573 e. The SMILES string of the molecule is CC/C=C(/OC(N)=NC1CNC1)c1ccc(OC(F)(F)F)cc1. The monoisotopic (exact) mass is 329 g/mol. The number of nitrogens with two attached hydrogens (primary N) is 1. The standard InChI is InChI=1S/C15H18F3N3O2/c1-2-3-13(22-14(19)21-11-8-20-9-11)10-4-6-12(7-5-10)23-15(16,17)18/h3-7,11,20H,2,8-9H2,1H3,(H2,19,21)/b13-3+. The van der Waals surface area contributed by atoms with E-state index < -0.39 is 6.36 Å². The lowest BCUT2D eigenvalue weighted by Gasteiger charge is -2.23. The number of nitrogens with one attached hydrogen (secondary N) is 1. The van der Waals surface area contributed by atoms with Crippen molar-refractivity contribution in [2.75, 3.05) is 13.1 Å². The first-order chi connectivity index (χ1) is 10.9. The highest BCUT2D eigenvalue weighted by Crippen LogP contribution is 2.25. The van der Waals surface area contributed by atoms with E-state index in [2.05, 4.69) is 15.0 Å². The zero-order valence-corrected chi connectivity index (χ0v) is 12.6. The van der Waals surface area contributed by atoms with Crippen LogP contribution in [0.15, 0.2) is 35.3 Å². The van der Waals surface area contributed by atoms with E-state index in [4.69, 9.17) is 10.5 Å². The Morgan fingerprint density at radius 1 is 1.35 bits per heavy atom. The Balaban J connectivity index is 2.08. The van der Waals surface area contributed by atoms with E-state index in [1.165, 1.54) is 24.3 Å². The Labute approximate surface area is 132 Å². The molecule has 0 atom stereocenters. The molecule has 0 radical (unpaired) electrons. The van der Waals surface area contributed by atoms with Crippen LogP contribution in [0.5, 0.6) is 5.75 Å². The highest BCUT2D eigenvalue weighted by molar-refractivity contribution is 5.79. The predicted octanol–water partition coefficient (Wildman–Crippen LogP) is 2.64. The molecule has 8 heteroatoms. The van der Waals surface area contributed by atoms with Crippen LogP contribution >= 0.6 is 0 Å². The van der Waals surface area contributed by atoms with Gasteiger partial charge in [0.1, 0.15) is 11.5 Å². The zero-order valence-electron chi connectivity index (χ0n) is 12.6. The molecule has 1 heterocycles. The van der Waals surface area contributed by atoms with Gasteiger partial charge in [0.05, 0.1) is 6.04 Å². The number of amidine groups is 1. The van der Waals surface area contributed by atoms with Crippen LogP contribution in [0.4, 0.5) is 13.2 Å². The molecule has 0 saturated carbocycles. The first-order valence-electron chi connectivity index (χ1n) is 7.15. The molecule has 5 nitrogen and oxygen atoms in total. The Hall–Kier alpha value is -2.22. The number of ether oxygens (including phenoxy) is 2. The molecule has 0 aliphatic carbocycles. The Bertz CT molecular complexity index is 579. The molecule has 0 unspecified atom stereocenters. The molecule has 3 N–H and O–H groups in total. The number of rotatable bonds is 5. The summed E-state index contributed by atoms with van der Waals surface area (Å²) in [6.07, 6.45) is -2.26. The number of hydrogen-bond donors (Lipinski definition) is 2. The van der Waals surface area contributed by atoms with Gasteiger partial charge < -0.3 is 20.5 Å². The van der Waals surface area contributed by atoms with E-state index in [1.807, 2.05) is 6.92 Å². The smallest absolute Gasteiger partial charge is 0.426 e. The highest BCUT2D eigenvalue weighted by Gasteiger charge is 2.31. The van der Waals surface area contributed by atoms with Crippen molar-refractivity contribution in [3.8, 4) is 5.75 Å². The van der Waals surface area contributed by atoms with Crippen molar-refractivity contribution in [1.29, 1.82) is 0 Å². The lowest BCUT2D eigenvalue weighted by Crippen LogP contribution is -2.46. The summed E-state index contributed by atoms with van der Waals surface area (Å²) >= 11 is 0. The number of aliphatic imine (C=N–C) groups is 1. The summed E-state index contributed by atoms with van der Waals surface area (Å²) in [5.74, 6) is 0.152. The molecular weight excluding hydrogens is 311 g/mol. The maximum Gasteiger partial charge on any atom is 0.573 e. The molecule has 2 rings (SSSR count). The molecule has 0 aromatic heterocycles. The summed E-state index contributed by atoms with van der Waals surface area (Å²) in [5, 5.41) is 3.06. The van der Waals surface area contributed by atoms with Crippen LogP contribution in [0.25, 0.3) is 5.76 Å². The highest BCUT2D eigenvalue weighted by atomic mass is 19.4. The van der Waals surface area contributed by atoms with Crippen LogP contribution in [0.2, 0.25) is 0 Å². The Morgan fingerprint density at radius 3 is 2.48 bits per heavy atom. The summed E-state index contributed by atoms with van der Waals surface area (Å²) in [6.45, 7) is 3.41. The lowest BCUT2D eigenvalue weighted by molar-refractivity contribution is -0.274. The van der Waals surface area contributed by atoms with Crippen LogP contribution in [-0.2, 0) is 4.74 Å². The number of alkyl halides is 3. The first-order valence-corrected chi connectivity index (χ1v) is 7.15. The van der Waals surface area contributed by atoms with Crippen molar-refractivity contribution in [3.63, 3.8) is 0 Å². The molecule has 0 bridgehead atoms. The van der Waals surface area contributed by atoms with Gasteiger partial charge in [-0.2, -0.15) is 0 Å². The van der Waals surface area contributed by atoms with Crippen molar-refractivity contribution in [1.82, 2.24) is 5.32 Å². The molecule has 126 valence electrons. The summed E-state index contributed by atoms with van der Waals surface area (Å²) < 4.78 is 45.8. The molecule has 0 amide bonds. The number of benzene rings is 1. The van der Waals surface area contributed by atoms with Gasteiger partial charge in [-0.05, 0) is 36.8 Å². The van der Waals surface area contributed by atoms with E-state index in [9.17, 15) is 13.2 Å². The molecule has 1 saturated heterocycles. The summed E-state index contributed by atoms with van der Waals surface area (Å²) in [6, 6.07) is 5.52. The van der Waals surface area contributed by atoms with E-state index >= 15 is 0 Å². The number of allylic oxidation sites excluding steroid dienone is 1. The number of hydrogen-bond acceptors (Lipinski definition) is 4. The molecular formula is C15H18F3N3O2. The predicted molar refractivity (Wildman–Crippen MR) is 80.8 cm³/mol. The quantitative estimate of drug-likeness (QED) is 0.495. The van der Waals surface area contributed by atoms with Crippen molar-refractivity contribution in [2.24, 2.45) is 10.7 Å².